The number of rotatable bonds is 9. The molecule has 6 nitrogen and oxygen atoms in total. The first-order valence-electron chi connectivity index (χ1n) is 8.48. The Balaban J connectivity index is 2.21. The van der Waals surface area contributed by atoms with E-state index in [-0.39, 0.29) is 11.3 Å². The average Bonchev–Trinajstić information content (AvgIpc) is 2.67. The SMILES string of the molecule is COc1cc(C)c(NC(=O)/C=C/c2ccc(OC(F)F)cc2OC(F)F)cc1OC. The van der Waals surface area contributed by atoms with E-state index in [2.05, 4.69) is 14.8 Å². The highest BCUT2D eigenvalue weighted by Crippen LogP contribution is 2.33. The van der Waals surface area contributed by atoms with Gasteiger partial charge < -0.3 is 24.3 Å². The van der Waals surface area contributed by atoms with Crippen LogP contribution in [0.4, 0.5) is 23.2 Å². The summed E-state index contributed by atoms with van der Waals surface area (Å²) in [6.07, 6.45) is 2.28. The largest absolute Gasteiger partial charge is 0.493 e. The minimum Gasteiger partial charge on any atom is -0.493 e. The molecule has 0 aliphatic heterocycles. The van der Waals surface area contributed by atoms with Crippen LogP contribution in [0.2, 0.25) is 0 Å². The summed E-state index contributed by atoms with van der Waals surface area (Å²) in [6, 6.07) is 6.48. The molecule has 0 saturated carbocycles. The number of amides is 1. The van der Waals surface area contributed by atoms with Gasteiger partial charge in [0.15, 0.2) is 11.5 Å². The molecule has 0 aromatic heterocycles. The van der Waals surface area contributed by atoms with Gasteiger partial charge in [-0.05, 0) is 36.8 Å². The Labute approximate surface area is 170 Å². The minimum atomic E-state index is -3.19. The Morgan fingerprint density at radius 3 is 2.17 bits per heavy atom. The van der Waals surface area contributed by atoms with Crippen molar-refractivity contribution < 1.29 is 41.3 Å². The second kappa shape index (κ2) is 10.4. The van der Waals surface area contributed by atoms with Crippen LogP contribution in [0.1, 0.15) is 11.1 Å². The molecule has 2 aromatic carbocycles. The number of nitrogens with one attached hydrogen (secondary N) is 1. The van der Waals surface area contributed by atoms with Gasteiger partial charge in [-0.1, -0.05) is 0 Å². The molecule has 1 N–H and O–H groups in total. The summed E-state index contributed by atoms with van der Waals surface area (Å²) in [7, 11) is 2.93. The lowest BCUT2D eigenvalue weighted by molar-refractivity contribution is -0.111. The second-order valence-electron chi connectivity index (χ2n) is 5.80. The number of halogens is 4. The lowest BCUT2D eigenvalue weighted by Gasteiger charge is -2.13. The Kier molecular flexibility index (Phi) is 7.90. The first-order chi connectivity index (χ1) is 14.2. The number of aryl methyl sites for hydroxylation is 1. The predicted octanol–water partition coefficient (Wildman–Crippen LogP) is 4.87. The molecule has 0 radical (unpaired) electrons. The number of benzene rings is 2. The Bertz CT molecular complexity index is 918. The molecule has 30 heavy (non-hydrogen) atoms. The Morgan fingerprint density at radius 2 is 1.57 bits per heavy atom. The van der Waals surface area contributed by atoms with Crippen molar-refractivity contribution in [3.63, 3.8) is 0 Å². The van der Waals surface area contributed by atoms with Gasteiger partial charge in [0.05, 0.1) is 14.2 Å². The summed E-state index contributed by atoms with van der Waals surface area (Å²) >= 11 is 0. The molecule has 0 saturated heterocycles. The van der Waals surface area contributed by atoms with Gasteiger partial charge in [0.25, 0.3) is 0 Å². The van der Waals surface area contributed by atoms with Crippen molar-refractivity contribution in [1.82, 2.24) is 0 Å². The average molecular weight is 429 g/mol. The van der Waals surface area contributed by atoms with Gasteiger partial charge in [-0.3, -0.25) is 4.79 Å². The molecule has 0 heterocycles. The van der Waals surface area contributed by atoms with E-state index in [1.807, 2.05) is 0 Å². The molecule has 162 valence electrons. The van der Waals surface area contributed by atoms with Crippen molar-refractivity contribution in [2.24, 2.45) is 0 Å². The van der Waals surface area contributed by atoms with E-state index >= 15 is 0 Å². The molecule has 0 atom stereocenters. The topological polar surface area (TPSA) is 66.0 Å². The van der Waals surface area contributed by atoms with E-state index in [9.17, 15) is 22.4 Å². The molecule has 10 heteroatoms. The summed E-state index contributed by atoms with van der Waals surface area (Å²) in [5.74, 6) is -0.452. The third kappa shape index (κ3) is 6.29. The van der Waals surface area contributed by atoms with E-state index < -0.39 is 24.9 Å². The summed E-state index contributed by atoms with van der Waals surface area (Å²) in [4.78, 5) is 12.3. The van der Waals surface area contributed by atoms with Gasteiger partial charge in [0.1, 0.15) is 11.5 Å². The summed E-state index contributed by atoms with van der Waals surface area (Å²) in [6.45, 7) is -4.57. The highest BCUT2D eigenvalue weighted by atomic mass is 19.3. The van der Waals surface area contributed by atoms with Gasteiger partial charge in [-0.15, -0.1) is 0 Å². The van der Waals surface area contributed by atoms with Crippen LogP contribution in [0.15, 0.2) is 36.4 Å². The number of ether oxygens (including phenoxy) is 4. The molecular weight excluding hydrogens is 410 g/mol. The van der Waals surface area contributed by atoms with Crippen LogP contribution in [0.25, 0.3) is 6.08 Å². The summed E-state index contributed by atoms with van der Waals surface area (Å²) < 4.78 is 68.7. The Hall–Kier alpha value is -3.43. The number of methoxy groups -OCH3 is 2. The number of alkyl halides is 4. The highest BCUT2D eigenvalue weighted by Gasteiger charge is 2.13. The van der Waals surface area contributed by atoms with Crippen LogP contribution in [0.3, 0.4) is 0 Å². The lowest BCUT2D eigenvalue weighted by Crippen LogP contribution is -2.10. The molecule has 0 unspecified atom stereocenters. The van der Waals surface area contributed by atoms with Gasteiger partial charge in [-0.25, -0.2) is 0 Å². The number of carbonyl (C=O) groups excluding carboxylic acids is 1. The molecule has 2 aromatic rings. The molecule has 0 fully saturated rings. The maximum atomic E-state index is 12.6. The monoisotopic (exact) mass is 429 g/mol. The Morgan fingerprint density at radius 1 is 0.933 bits per heavy atom. The smallest absolute Gasteiger partial charge is 0.387 e. The van der Waals surface area contributed by atoms with Crippen molar-refractivity contribution in [3.8, 4) is 23.0 Å². The zero-order valence-electron chi connectivity index (χ0n) is 16.2. The fraction of sp³-hybridized carbons (Fsp3) is 0.250. The normalized spacial score (nSPS) is 11.1. The minimum absolute atomic E-state index is 0.0658. The summed E-state index contributed by atoms with van der Waals surface area (Å²) in [5, 5.41) is 2.63. The van der Waals surface area contributed by atoms with Crippen LogP contribution in [0, 0.1) is 6.92 Å². The maximum Gasteiger partial charge on any atom is 0.387 e. The van der Waals surface area contributed by atoms with E-state index in [4.69, 9.17) is 9.47 Å². The maximum absolute atomic E-state index is 12.6. The van der Waals surface area contributed by atoms with Crippen molar-refractivity contribution >= 4 is 17.7 Å². The predicted molar refractivity (Wildman–Crippen MR) is 102 cm³/mol. The molecule has 0 bridgehead atoms. The van der Waals surface area contributed by atoms with E-state index in [1.54, 1.807) is 19.1 Å². The zero-order chi connectivity index (χ0) is 22.3. The number of hydrogen-bond donors (Lipinski definition) is 1. The molecule has 0 aliphatic rings. The second-order valence-corrected chi connectivity index (χ2v) is 5.80. The lowest BCUT2D eigenvalue weighted by atomic mass is 10.1. The van der Waals surface area contributed by atoms with Crippen molar-refractivity contribution in [3.05, 3.63) is 47.5 Å². The molecule has 1 amide bonds. The van der Waals surface area contributed by atoms with Crippen LogP contribution < -0.4 is 24.3 Å². The third-order valence-corrected chi connectivity index (χ3v) is 3.83. The molecule has 0 spiro atoms. The van der Waals surface area contributed by atoms with Gasteiger partial charge in [-0.2, -0.15) is 17.6 Å². The van der Waals surface area contributed by atoms with E-state index in [1.165, 1.54) is 26.4 Å². The van der Waals surface area contributed by atoms with Gasteiger partial charge >= 0.3 is 13.2 Å². The van der Waals surface area contributed by atoms with Crippen LogP contribution in [-0.4, -0.2) is 33.3 Å². The van der Waals surface area contributed by atoms with E-state index in [0.29, 0.717) is 22.7 Å². The van der Waals surface area contributed by atoms with Crippen molar-refractivity contribution in [1.29, 1.82) is 0 Å². The summed E-state index contributed by atoms with van der Waals surface area (Å²) in [5.41, 5.74) is 1.22. The fourth-order valence-corrected chi connectivity index (χ4v) is 2.48. The first kappa shape index (κ1) is 22.9. The first-order valence-corrected chi connectivity index (χ1v) is 8.48. The number of anilines is 1. The highest BCUT2D eigenvalue weighted by molar-refractivity contribution is 6.02. The molecular formula is C20H19F4NO5. The standard InChI is InChI=1S/C20H19F4NO5/c1-11-8-16(27-2)17(28-3)10-14(11)25-18(26)7-5-12-4-6-13(29-19(21)22)9-15(12)30-20(23)24/h4-10,19-20H,1-3H3,(H,25,26)/b7-5+. The van der Waals surface area contributed by atoms with E-state index in [0.717, 1.165) is 18.2 Å². The third-order valence-electron chi connectivity index (χ3n) is 3.83. The molecule has 2 rings (SSSR count). The van der Waals surface area contributed by atoms with Gasteiger partial charge in [0.2, 0.25) is 5.91 Å². The molecule has 0 aliphatic carbocycles. The number of hydrogen-bond acceptors (Lipinski definition) is 5. The number of carbonyl (C=O) groups is 1. The van der Waals surface area contributed by atoms with Crippen LogP contribution in [-0.2, 0) is 4.79 Å². The van der Waals surface area contributed by atoms with Crippen LogP contribution in [0.5, 0.6) is 23.0 Å². The van der Waals surface area contributed by atoms with Crippen molar-refractivity contribution in [2.75, 3.05) is 19.5 Å². The van der Waals surface area contributed by atoms with Gasteiger partial charge in [0, 0.05) is 29.5 Å². The van der Waals surface area contributed by atoms with Crippen molar-refractivity contribution in [2.45, 2.75) is 20.1 Å². The fourth-order valence-electron chi connectivity index (χ4n) is 2.48. The quantitative estimate of drug-likeness (QED) is 0.455. The van der Waals surface area contributed by atoms with Crippen LogP contribution >= 0.6 is 0 Å². The zero-order valence-corrected chi connectivity index (χ0v) is 16.2.